The van der Waals surface area contributed by atoms with Gasteiger partial charge in [-0.1, -0.05) is 18.2 Å². The molecule has 0 spiro atoms. The van der Waals surface area contributed by atoms with Gasteiger partial charge in [-0.05, 0) is 27.6 Å². The lowest BCUT2D eigenvalue weighted by Crippen LogP contribution is -2.25. The molecule has 0 aliphatic heterocycles. The number of anilines is 1. The number of halogens is 1. The van der Waals surface area contributed by atoms with E-state index in [1.807, 2.05) is 18.2 Å². The van der Waals surface area contributed by atoms with Gasteiger partial charge in [0.05, 0.1) is 0 Å². The summed E-state index contributed by atoms with van der Waals surface area (Å²) in [5.41, 5.74) is 6.82. The van der Waals surface area contributed by atoms with Crippen molar-refractivity contribution in [2.75, 3.05) is 5.73 Å². The molecule has 0 radical (unpaired) electrons. The first-order chi connectivity index (χ1) is 8.08. The van der Waals surface area contributed by atoms with Crippen LogP contribution < -0.4 is 17.0 Å². The summed E-state index contributed by atoms with van der Waals surface area (Å²) < 4.78 is 0.320. The second-order valence-electron chi connectivity index (χ2n) is 3.58. The van der Waals surface area contributed by atoms with Crippen LogP contribution in [-0.2, 0) is 6.42 Å². The van der Waals surface area contributed by atoms with E-state index in [1.54, 1.807) is 6.07 Å². The number of hydrogen-bond acceptors (Lipinski definition) is 3. The van der Waals surface area contributed by atoms with Crippen molar-refractivity contribution in [2.45, 2.75) is 6.42 Å². The van der Waals surface area contributed by atoms with Gasteiger partial charge in [-0.3, -0.25) is 9.78 Å². The van der Waals surface area contributed by atoms with Crippen molar-refractivity contribution in [3.05, 3.63) is 60.8 Å². The van der Waals surface area contributed by atoms with E-state index in [2.05, 4.69) is 25.9 Å². The minimum atomic E-state index is -0.525. The molecule has 0 aliphatic carbocycles. The molecule has 0 atom stereocenters. The highest BCUT2D eigenvalue weighted by Crippen LogP contribution is 2.17. The highest BCUT2D eigenvalue weighted by molar-refractivity contribution is 9.10. The van der Waals surface area contributed by atoms with Crippen LogP contribution in [0.25, 0.3) is 0 Å². The van der Waals surface area contributed by atoms with Gasteiger partial charge in [-0.25, -0.2) is 4.79 Å². The molecule has 1 aromatic carbocycles. The van der Waals surface area contributed by atoms with Gasteiger partial charge < -0.3 is 10.7 Å². The topological polar surface area (TPSA) is 91.7 Å². The van der Waals surface area contributed by atoms with Crippen LogP contribution in [0.5, 0.6) is 0 Å². The quantitative estimate of drug-likeness (QED) is 0.722. The maximum atomic E-state index is 11.4. The van der Waals surface area contributed by atoms with Gasteiger partial charge in [0.25, 0.3) is 5.56 Å². The van der Waals surface area contributed by atoms with Gasteiger partial charge in [0.2, 0.25) is 0 Å². The van der Waals surface area contributed by atoms with Crippen molar-refractivity contribution in [3.63, 3.8) is 0 Å². The molecule has 1 aromatic heterocycles. The van der Waals surface area contributed by atoms with E-state index in [-0.39, 0.29) is 0 Å². The van der Waals surface area contributed by atoms with Crippen LogP contribution in [0.1, 0.15) is 11.3 Å². The Morgan fingerprint density at radius 3 is 2.59 bits per heavy atom. The van der Waals surface area contributed by atoms with E-state index < -0.39 is 11.2 Å². The van der Waals surface area contributed by atoms with Gasteiger partial charge in [-0.2, -0.15) is 0 Å². The smallest absolute Gasteiger partial charge is 0.325 e. The first kappa shape index (κ1) is 11.7. The molecule has 88 valence electrons. The Labute approximate surface area is 105 Å². The molecule has 1 heterocycles. The summed E-state index contributed by atoms with van der Waals surface area (Å²) in [6.07, 6.45) is 0.395. The number of nitrogens with one attached hydrogen (secondary N) is 2. The van der Waals surface area contributed by atoms with Crippen molar-refractivity contribution in [1.29, 1.82) is 0 Å². The van der Waals surface area contributed by atoms with Gasteiger partial charge in [0.1, 0.15) is 4.47 Å². The summed E-state index contributed by atoms with van der Waals surface area (Å²) in [5, 5.41) is 0. The van der Waals surface area contributed by atoms with Crippen LogP contribution in [0.4, 0.5) is 5.69 Å². The third-order valence-corrected chi connectivity index (χ3v) is 3.22. The molecule has 2 aromatic rings. The third-order valence-electron chi connectivity index (χ3n) is 2.38. The number of aromatic nitrogens is 2. The van der Waals surface area contributed by atoms with E-state index in [1.165, 1.54) is 0 Å². The normalized spacial score (nSPS) is 10.4. The minimum Gasteiger partial charge on any atom is -0.398 e. The van der Waals surface area contributed by atoms with Gasteiger partial charge in [0.15, 0.2) is 0 Å². The fraction of sp³-hybridized carbons (Fsp3) is 0.0909. The average Bonchev–Trinajstić information content (AvgIpc) is 2.28. The van der Waals surface area contributed by atoms with Crippen molar-refractivity contribution >= 4 is 21.6 Å². The number of nitrogens with two attached hydrogens (primary N) is 1. The Morgan fingerprint density at radius 1 is 1.18 bits per heavy atom. The first-order valence-electron chi connectivity index (χ1n) is 4.92. The standard InChI is InChI=1S/C11H10BrN3O2/c12-9-8(14-11(17)15-10(9)16)5-6-3-1-2-4-7(6)13/h1-4H,5,13H2,(H2,14,15,16,17). The van der Waals surface area contributed by atoms with Crippen LogP contribution in [0.2, 0.25) is 0 Å². The molecule has 0 fully saturated rings. The molecule has 17 heavy (non-hydrogen) atoms. The fourth-order valence-electron chi connectivity index (χ4n) is 1.53. The molecule has 2 rings (SSSR count). The van der Waals surface area contributed by atoms with Crippen molar-refractivity contribution < 1.29 is 0 Å². The van der Waals surface area contributed by atoms with E-state index in [4.69, 9.17) is 5.73 Å². The molecule has 5 nitrogen and oxygen atoms in total. The zero-order valence-corrected chi connectivity index (χ0v) is 10.4. The third kappa shape index (κ3) is 2.47. The molecular formula is C11H10BrN3O2. The molecule has 0 aliphatic rings. The summed E-state index contributed by atoms with van der Waals surface area (Å²) >= 11 is 3.14. The summed E-state index contributed by atoms with van der Waals surface area (Å²) in [6.45, 7) is 0. The molecule has 0 bridgehead atoms. The van der Waals surface area contributed by atoms with Gasteiger partial charge >= 0.3 is 5.69 Å². The van der Waals surface area contributed by atoms with E-state index in [0.717, 1.165) is 5.56 Å². The number of H-pyrrole nitrogens is 2. The summed E-state index contributed by atoms with van der Waals surface area (Å²) in [5.74, 6) is 0. The number of benzene rings is 1. The molecule has 6 heteroatoms. The molecule has 0 saturated carbocycles. The number of hydrogen-bond donors (Lipinski definition) is 3. The molecule has 0 saturated heterocycles. The lowest BCUT2D eigenvalue weighted by atomic mass is 10.1. The second-order valence-corrected chi connectivity index (χ2v) is 4.37. The fourth-order valence-corrected chi connectivity index (χ4v) is 1.86. The molecule has 0 amide bonds. The maximum Gasteiger partial charge on any atom is 0.325 e. The van der Waals surface area contributed by atoms with E-state index in [0.29, 0.717) is 22.3 Å². The summed E-state index contributed by atoms with van der Waals surface area (Å²) in [7, 11) is 0. The largest absolute Gasteiger partial charge is 0.398 e. The van der Waals surface area contributed by atoms with Crippen molar-refractivity contribution in [1.82, 2.24) is 9.97 Å². The van der Waals surface area contributed by atoms with Crippen molar-refractivity contribution in [3.8, 4) is 0 Å². The zero-order valence-electron chi connectivity index (χ0n) is 8.79. The Kier molecular flexibility index (Phi) is 3.14. The predicted molar refractivity (Wildman–Crippen MR) is 69.0 cm³/mol. The molecular weight excluding hydrogens is 286 g/mol. The molecule has 0 unspecified atom stereocenters. The number of nitrogen functional groups attached to an aromatic ring is 1. The number of rotatable bonds is 2. The predicted octanol–water partition coefficient (Wildman–Crippen LogP) is 0.999. The Bertz CT molecular complexity index is 660. The Morgan fingerprint density at radius 2 is 1.88 bits per heavy atom. The van der Waals surface area contributed by atoms with E-state index in [9.17, 15) is 9.59 Å². The number of aromatic amines is 2. The SMILES string of the molecule is Nc1ccccc1Cc1[nH]c(=O)[nH]c(=O)c1Br. The monoisotopic (exact) mass is 295 g/mol. The van der Waals surface area contributed by atoms with Crippen LogP contribution in [0.15, 0.2) is 38.3 Å². The lowest BCUT2D eigenvalue weighted by molar-refractivity contribution is 0.939. The first-order valence-corrected chi connectivity index (χ1v) is 5.71. The van der Waals surface area contributed by atoms with Gasteiger partial charge in [0, 0.05) is 17.8 Å². The average molecular weight is 296 g/mol. The summed E-state index contributed by atoms with van der Waals surface area (Å²) in [4.78, 5) is 27.3. The zero-order chi connectivity index (χ0) is 12.4. The lowest BCUT2D eigenvalue weighted by Gasteiger charge is -2.06. The second kappa shape index (κ2) is 4.58. The van der Waals surface area contributed by atoms with Crippen LogP contribution in [0, 0.1) is 0 Å². The molecule has 4 N–H and O–H groups in total. The maximum absolute atomic E-state index is 11.4. The summed E-state index contributed by atoms with van der Waals surface area (Å²) in [6, 6.07) is 7.30. The highest BCUT2D eigenvalue weighted by atomic mass is 79.9. The van der Waals surface area contributed by atoms with Crippen LogP contribution in [-0.4, -0.2) is 9.97 Å². The highest BCUT2D eigenvalue weighted by Gasteiger charge is 2.08. The minimum absolute atomic E-state index is 0.320. The van der Waals surface area contributed by atoms with Crippen LogP contribution >= 0.6 is 15.9 Å². The van der Waals surface area contributed by atoms with Gasteiger partial charge in [-0.15, -0.1) is 0 Å². The Hall–Kier alpha value is -1.82. The Balaban J connectivity index is 2.47. The van der Waals surface area contributed by atoms with E-state index >= 15 is 0 Å². The van der Waals surface area contributed by atoms with Crippen molar-refractivity contribution in [2.24, 2.45) is 0 Å². The van der Waals surface area contributed by atoms with Crippen LogP contribution in [0.3, 0.4) is 0 Å². The number of para-hydroxylation sites is 1.